The number of alkyl halides is 3. The molecule has 1 saturated heterocycles. The zero-order chi connectivity index (χ0) is 19.8. The molecule has 1 aromatic rings. The van der Waals surface area contributed by atoms with E-state index in [0.717, 1.165) is 18.8 Å². The second kappa shape index (κ2) is 6.99. The second-order valence-electron chi connectivity index (χ2n) is 6.04. The Morgan fingerprint density at radius 1 is 1.22 bits per heavy atom. The van der Waals surface area contributed by atoms with Crippen molar-refractivity contribution in [3.05, 3.63) is 35.4 Å². The molecule has 0 saturated carbocycles. The van der Waals surface area contributed by atoms with Crippen molar-refractivity contribution in [2.24, 2.45) is 11.1 Å². The standard InChI is InChI=1S/C14H13N3O3.C2HF3O2/c18-13-8-3-1-2-4-9(8)14(19)17(13)7-11-10-5-15-6-12(10)20-16-11;3-2(4,5)1(6)7/h1-4,10,12,15H,5-7H2;(H,6,7). The minimum Gasteiger partial charge on any atom is -0.475 e. The van der Waals surface area contributed by atoms with Gasteiger partial charge in [-0.25, -0.2) is 4.79 Å². The highest BCUT2D eigenvalue weighted by Crippen LogP contribution is 2.26. The zero-order valence-corrected chi connectivity index (χ0v) is 13.7. The number of oxime groups is 1. The van der Waals surface area contributed by atoms with Crippen LogP contribution in [0.2, 0.25) is 0 Å². The summed E-state index contributed by atoms with van der Waals surface area (Å²) in [4.78, 5) is 40.0. The van der Waals surface area contributed by atoms with Crippen LogP contribution < -0.4 is 5.32 Å². The molecule has 1 aromatic carbocycles. The number of hydrogen-bond acceptors (Lipinski definition) is 6. The van der Waals surface area contributed by atoms with Crippen LogP contribution in [0.3, 0.4) is 0 Å². The van der Waals surface area contributed by atoms with Crippen molar-refractivity contribution in [2.75, 3.05) is 19.6 Å². The van der Waals surface area contributed by atoms with Crippen LogP contribution in [0.25, 0.3) is 0 Å². The number of halogens is 3. The van der Waals surface area contributed by atoms with Crippen molar-refractivity contribution >= 4 is 23.5 Å². The number of carboxylic acids is 1. The molecule has 4 rings (SSSR count). The molecule has 2 amide bonds. The molecule has 3 aliphatic rings. The van der Waals surface area contributed by atoms with Crippen LogP contribution in [-0.2, 0) is 9.63 Å². The third-order valence-electron chi connectivity index (χ3n) is 4.33. The second-order valence-corrected chi connectivity index (χ2v) is 6.04. The maximum Gasteiger partial charge on any atom is 0.490 e. The van der Waals surface area contributed by atoms with Gasteiger partial charge < -0.3 is 15.3 Å². The summed E-state index contributed by atoms with van der Waals surface area (Å²) in [5, 5.41) is 14.4. The first kappa shape index (κ1) is 18.8. The molecule has 11 heteroatoms. The average Bonchev–Trinajstić information content (AvgIpc) is 3.27. The summed E-state index contributed by atoms with van der Waals surface area (Å²) >= 11 is 0. The Bertz CT molecular complexity index is 789. The lowest BCUT2D eigenvalue weighted by atomic mass is 10.0. The lowest BCUT2D eigenvalue weighted by Crippen LogP contribution is -2.38. The van der Waals surface area contributed by atoms with E-state index in [1.165, 1.54) is 4.90 Å². The molecule has 8 nitrogen and oxygen atoms in total. The largest absolute Gasteiger partial charge is 0.490 e. The minimum atomic E-state index is -5.08. The zero-order valence-electron chi connectivity index (χ0n) is 13.7. The van der Waals surface area contributed by atoms with Crippen molar-refractivity contribution in [3.63, 3.8) is 0 Å². The Hall–Kier alpha value is -2.95. The summed E-state index contributed by atoms with van der Waals surface area (Å²) in [7, 11) is 0. The number of carboxylic acid groups (broad SMARTS) is 1. The molecule has 2 unspecified atom stereocenters. The molecule has 0 spiro atoms. The molecule has 0 bridgehead atoms. The number of fused-ring (bicyclic) bond motifs is 2. The minimum absolute atomic E-state index is 0.0418. The number of hydrogen-bond donors (Lipinski definition) is 2. The van der Waals surface area contributed by atoms with Crippen molar-refractivity contribution < 1.29 is 37.5 Å². The van der Waals surface area contributed by atoms with E-state index in [2.05, 4.69) is 10.5 Å². The maximum atomic E-state index is 12.3. The van der Waals surface area contributed by atoms with Gasteiger partial charge in [-0.15, -0.1) is 0 Å². The fraction of sp³-hybridized carbons (Fsp3) is 0.375. The van der Waals surface area contributed by atoms with E-state index < -0.39 is 12.1 Å². The monoisotopic (exact) mass is 385 g/mol. The van der Waals surface area contributed by atoms with Crippen LogP contribution in [0.4, 0.5) is 13.2 Å². The van der Waals surface area contributed by atoms with Gasteiger partial charge in [-0.2, -0.15) is 13.2 Å². The number of nitrogens with one attached hydrogen (secondary N) is 1. The fourth-order valence-corrected chi connectivity index (χ4v) is 2.99. The Balaban J connectivity index is 0.000000260. The van der Waals surface area contributed by atoms with E-state index >= 15 is 0 Å². The van der Waals surface area contributed by atoms with Crippen molar-refractivity contribution in [2.45, 2.75) is 12.3 Å². The van der Waals surface area contributed by atoms with Crippen LogP contribution >= 0.6 is 0 Å². The van der Waals surface area contributed by atoms with E-state index in [0.29, 0.717) is 11.1 Å². The summed E-state index contributed by atoms with van der Waals surface area (Å²) < 4.78 is 31.7. The molecule has 2 N–H and O–H groups in total. The van der Waals surface area contributed by atoms with Gasteiger partial charge in [0.05, 0.1) is 29.3 Å². The average molecular weight is 385 g/mol. The highest BCUT2D eigenvalue weighted by atomic mass is 19.4. The number of imide groups is 1. The number of rotatable bonds is 2. The van der Waals surface area contributed by atoms with E-state index in [9.17, 15) is 22.8 Å². The smallest absolute Gasteiger partial charge is 0.475 e. The first-order chi connectivity index (χ1) is 12.7. The van der Waals surface area contributed by atoms with Gasteiger partial charge >= 0.3 is 12.1 Å². The Labute approximate surface area is 150 Å². The first-order valence-electron chi connectivity index (χ1n) is 7.88. The molecule has 2 atom stereocenters. The predicted molar refractivity (Wildman–Crippen MR) is 84.2 cm³/mol. The Kier molecular flexibility index (Phi) is 4.87. The van der Waals surface area contributed by atoms with E-state index in [-0.39, 0.29) is 30.4 Å². The summed E-state index contributed by atoms with van der Waals surface area (Å²) in [6.07, 6.45) is -5.04. The van der Waals surface area contributed by atoms with Gasteiger partial charge in [0.15, 0.2) is 0 Å². The topological polar surface area (TPSA) is 108 Å². The van der Waals surface area contributed by atoms with Crippen molar-refractivity contribution in [3.8, 4) is 0 Å². The van der Waals surface area contributed by atoms with Crippen LogP contribution in [0.5, 0.6) is 0 Å². The molecule has 27 heavy (non-hydrogen) atoms. The number of amides is 2. The quantitative estimate of drug-likeness (QED) is 0.732. The number of carbonyl (C=O) groups excluding carboxylic acids is 2. The van der Waals surface area contributed by atoms with Crippen LogP contribution in [0.1, 0.15) is 20.7 Å². The van der Waals surface area contributed by atoms with Gasteiger partial charge in [0.2, 0.25) is 0 Å². The predicted octanol–water partition coefficient (Wildman–Crippen LogP) is 0.890. The normalized spacial score (nSPS) is 23.2. The number of nitrogens with zero attached hydrogens (tertiary/aromatic N) is 2. The molecule has 0 radical (unpaired) electrons. The Morgan fingerprint density at radius 2 is 1.78 bits per heavy atom. The van der Waals surface area contributed by atoms with E-state index in [1.54, 1.807) is 24.3 Å². The van der Waals surface area contributed by atoms with Gasteiger partial charge in [0.25, 0.3) is 11.8 Å². The molecule has 0 aromatic heterocycles. The molecule has 3 heterocycles. The van der Waals surface area contributed by atoms with Gasteiger partial charge in [0, 0.05) is 13.1 Å². The van der Waals surface area contributed by atoms with Gasteiger partial charge in [-0.1, -0.05) is 17.3 Å². The lowest BCUT2D eigenvalue weighted by molar-refractivity contribution is -0.192. The van der Waals surface area contributed by atoms with E-state index in [4.69, 9.17) is 14.7 Å². The van der Waals surface area contributed by atoms with Crippen LogP contribution in [0, 0.1) is 5.92 Å². The molecule has 0 aliphatic carbocycles. The Morgan fingerprint density at radius 3 is 2.30 bits per heavy atom. The number of aliphatic carboxylic acids is 1. The summed E-state index contributed by atoms with van der Waals surface area (Å²) in [5.74, 6) is -3.09. The number of benzene rings is 1. The highest BCUT2D eigenvalue weighted by molar-refractivity contribution is 6.22. The van der Waals surface area contributed by atoms with Gasteiger partial charge in [-0.05, 0) is 12.1 Å². The molecule has 144 valence electrons. The third-order valence-corrected chi connectivity index (χ3v) is 4.33. The molecular formula is C16H14F3N3O5. The summed E-state index contributed by atoms with van der Waals surface area (Å²) in [6, 6.07) is 6.90. The van der Waals surface area contributed by atoms with Crippen LogP contribution in [-0.4, -0.2) is 65.4 Å². The van der Waals surface area contributed by atoms with Gasteiger partial charge in [0.1, 0.15) is 6.10 Å². The van der Waals surface area contributed by atoms with Gasteiger partial charge in [-0.3, -0.25) is 14.5 Å². The maximum absolute atomic E-state index is 12.3. The fourth-order valence-electron chi connectivity index (χ4n) is 2.99. The highest BCUT2D eigenvalue weighted by Gasteiger charge is 2.42. The third kappa shape index (κ3) is 3.63. The summed E-state index contributed by atoms with van der Waals surface area (Å²) in [6.45, 7) is 1.77. The molecular weight excluding hydrogens is 371 g/mol. The van der Waals surface area contributed by atoms with Crippen molar-refractivity contribution in [1.82, 2.24) is 10.2 Å². The molecule has 1 fully saturated rings. The first-order valence-corrected chi connectivity index (χ1v) is 7.88. The number of carbonyl (C=O) groups is 3. The van der Waals surface area contributed by atoms with Crippen LogP contribution in [0.15, 0.2) is 29.4 Å². The SMILES string of the molecule is O=C(O)C(F)(F)F.O=C1c2ccccc2C(=O)N1CC1=NOC2CNCC12. The van der Waals surface area contributed by atoms with Crippen molar-refractivity contribution in [1.29, 1.82) is 0 Å². The molecule has 3 aliphatic heterocycles. The van der Waals surface area contributed by atoms with E-state index in [1.807, 2.05) is 0 Å². The summed E-state index contributed by atoms with van der Waals surface area (Å²) in [5.41, 5.74) is 1.71. The lowest BCUT2D eigenvalue weighted by Gasteiger charge is -2.15.